The fourth-order valence-corrected chi connectivity index (χ4v) is 2.47. The second-order valence-electron chi connectivity index (χ2n) is 4.79. The molecule has 0 aliphatic carbocycles. The van der Waals surface area contributed by atoms with E-state index in [-0.39, 0.29) is 5.69 Å². The maximum Gasteiger partial charge on any atom is 0.350 e. The van der Waals surface area contributed by atoms with Crippen molar-refractivity contribution in [3.63, 3.8) is 0 Å². The van der Waals surface area contributed by atoms with E-state index in [2.05, 4.69) is 5.10 Å². The molecule has 5 heteroatoms. The van der Waals surface area contributed by atoms with Gasteiger partial charge in [0.25, 0.3) is 0 Å². The molecule has 0 saturated heterocycles. The monoisotopic (exact) mass is 299 g/mol. The van der Waals surface area contributed by atoms with Crippen LogP contribution in [0.5, 0.6) is 0 Å². The van der Waals surface area contributed by atoms with Crippen molar-refractivity contribution in [1.29, 1.82) is 0 Å². The van der Waals surface area contributed by atoms with Crippen molar-refractivity contribution in [3.05, 3.63) is 81.5 Å². The fourth-order valence-electron chi connectivity index (χ4n) is 2.29. The third-order valence-corrected chi connectivity index (χ3v) is 3.48. The Balaban J connectivity index is 2.03. The van der Waals surface area contributed by atoms with Crippen molar-refractivity contribution in [2.24, 2.45) is 0 Å². The molecule has 0 spiro atoms. The number of aryl methyl sites for hydroxylation is 1. The summed E-state index contributed by atoms with van der Waals surface area (Å²) in [6.07, 6.45) is 0. The zero-order chi connectivity index (χ0) is 14.8. The largest absolute Gasteiger partial charge is 0.350 e. The highest BCUT2D eigenvalue weighted by Gasteiger charge is 2.12. The molecule has 21 heavy (non-hydrogen) atoms. The summed E-state index contributed by atoms with van der Waals surface area (Å²) in [7, 11) is 0. The summed E-state index contributed by atoms with van der Waals surface area (Å²) in [6, 6.07) is 17.0. The van der Waals surface area contributed by atoms with Crippen LogP contribution in [0.25, 0.3) is 5.69 Å². The van der Waals surface area contributed by atoms with Gasteiger partial charge >= 0.3 is 5.69 Å². The minimum atomic E-state index is -0.168. The Bertz CT molecular complexity index is 821. The molecule has 4 nitrogen and oxygen atoms in total. The van der Waals surface area contributed by atoms with Crippen LogP contribution in [0.3, 0.4) is 0 Å². The standard InChI is InChI=1S/C16H14ClN3O/c1-12-18-19(11-13-6-3-2-4-7-13)16(21)20(12)15-9-5-8-14(17)10-15/h2-10H,11H2,1H3. The van der Waals surface area contributed by atoms with Crippen molar-refractivity contribution < 1.29 is 0 Å². The van der Waals surface area contributed by atoms with Gasteiger partial charge < -0.3 is 0 Å². The number of halogens is 1. The van der Waals surface area contributed by atoms with E-state index in [0.717, 1.165) is 11.3 Å². The van der Waals surface area contributed by atoms with E-state index in [1.807, 2.05) is 49.4 Å². The normalized spacial score (nSPS) is 10.8. The SMILES string of the molecule is Cc1nn(Cc2ccccc2)c(=O)n1-c1cccc(Cl)c1. The number of hydrogen-bond acceptors (Lipinski definition) is 2. The van der Waals surface area contributed by atoms with Crippen molar-refractivity contribution in [3.8, 4) is 5.69 Å². The topological polar surface area (TPSA) is 39.8 Å². The first-order valence-corrected chi connectivity index (χ1v) is 6.99. The Kier molecular flexibility index (Phi) is 3.62. The molecule has 0 N–H and O–H groups in total. The molecule has 0 atom stereocenters. The van der Waals surface area contributed by atoms with E-state index in [4.69, 9.17) is 11.6 Å². The number of nitrogens with zero attached hydrogens (tertiary/aromatic N) is 3. The fraction of sp³-hybridized carbons (Fsp3) is 0.125. The number of aromatic nitrogens is 3. The minimum Gasteiger partial charge on any atom is -0.247 e. The molecule has 0 saturated carbocycles. The molecule has 1 heterocycles. The van der Waals surface area contributed by atoms with Crippen molar-refractivity contribution in [2.45, 2.75) is 13.5 Å². The summed E-state index contributed by atoms with van der Waals surface area (Å²) in [5.74, 6) is 0.637. The highest BCUT2D eigenvalue weighted by atomic mass is 35.5. The number of benzene rings is 2. The molecule has 106 valence electrons. The van der Waals surface area contributed by atoms with Gasteiger partial charge in [0.2, 0.25) is 0 Å². The van der Waals surface area contributed by atoms with Crippen LogP contribution in [0.2, 0.25) is 5.02 Å². The summed E-state index contributed by atoms with van der Waals surface area (Å²) >= 11 is 5.99. The Morgan fingerprint density at radius 1 is 1.10 bits per heavy atom. The molecule has 0 aliphatic rings. The molecule has 0 fully saturated rings. The van der Waals surface area contributed by atoms with Crippen molar-refractivity contribution >= 4 is 11.6 Å². The average Bonchev–Trinajstić information content (AvgIpc) is 2.74. The minimum absolute atomic E-state index is 0.168. The molecule has 0 unspecified atom stereocenters. The summed E-state index contributed by atoms with van der Waals surface area (Å²) in [5.41, 5.74) is 1.60. The molecule has 1 aromatic heterocycles. The molecule has 0 radical (unpaired) electrons. The lowest BCUT2D eigenvalue weighted by Gasteiger charge is -2.02. The molecular formula is C16H14ClN3O. The van der Waals surface area contributed by atoms with Gasteiger partial charge in [0.1, 0.15) is 5.82 Å². The van der Waals surface area contributed by atoms with Crippen LogP contribution in [0.4, 0.5) is 0 Å². The summed E-state index contributed by atoms with van der Waals surface area (Å²) in [4.78, 5) is 12.5. The lowest BCUT2D eigenvalue weighted by molar-refractivity contribution is 0.651. The van der Waals surface area contributed by atoms with Gasteiger partial charge in [0.15, 0.2) is 0 Å². The molecular weight excluding hydrogens is 286 g/mol. The molecule has 3 aromatic rings. The first-order chi connectivity index (χ1) is 10.1. The van der Waals surface area contributed by atoms with Crippen molar-refractivity contribution in [2.75, 3.05) is 0 Å². The van der Waals surface area contributed by atoms with Gasteiger partial charge in [-0.05, 0) is 30.7 Å². The van der Waals surface area contributed by atoms with Crippen LogP contribution in [-0.4, -0.2) is 14.3 Å². The van der Waals surface area contributed by atoms with Crippen LogP contribution < -0.4 is 5.69 Å². The quantitative estimate of drug-likeness (QED) is 0.746. The van der Waals surface area contributed by atoms with E-state index < -0.39 is 0 Å². The third-order valence-electron chi connectivity index (χ3n) is 3.24. The van der Waals surface area contributed by atoms with E-state index in [0.29, 0.717) is 17.4 Å². The molecule has 0 aliphatic heterocycles. The molecule has 2 aromatic carbocycles. The van der Waals surface area contributed by atoms with Gasteiger partial charge in [-0.25, -0.2) is 14.0 Å². The smallest absolute Gasteiger partial charge is 0.247 e. The van der Waals surface area contributed by atoms with Gasteiger partial charge in [0, 0.05) is 5.02 Å². The van der Waals surface area contributed by atoms with Crippen molar-refractivity contribution in [1.82, 2.24) is 14.3 Å². The maximum absolute atomic E-state index is 12.5. The lowest BCUT2D eigenvalue weighted by Crippen LogP contribution is -2.24. The second kappa shape index (κ2) is 5.58. The molecule has 0 bridgehead atoms. The maximum atomic E-state index is 12.5. The van der Waals surface area contributed by atoms with Crippen LogP contribution in [-0.2, 0) is 6.54 Å². The third kappa shape index (κ3) is 2.76. The van der Waals surface area contributed by atoms with Gasteiger partial charge in [-0.15, -0.1) is 0 Å². The Morgan fingerprint density at radius 3 is 2.57 bits per heavy atom. The number of hydrogen-bond donors (Lipinski definition) is 0. The summed E-state index contributed by atoms with van der Waals surface area (Å²) < 4.78 is 3.03. The van der Waals surface area contributed by atoms with E-state index in [9.17, 15) is 4.79 Å². The van der Waals surface area contributed by atoms with E-state index in [1.54, 1.807) is 16.7 Å². The molecule has 3 rings (SSSR count). The first kappa shape index (κ1) is 13.6. The zero-order valence-electron chi connectivity index (χ0n) is 11.5. The summed E-state index contributed by atoms with van der Waals surface area (Å²) in [5, 5.41) is 4.93. The second-order valence-corrected chi connectivity index (χ2v) is 5.22. The van der Waals surface area contributed by atoms with Crippen LogP contribution in [0.15, 0.2) is 59.4 Å². The highest BCUT2D eigenvalue weighted by Crippen LogP contribution is 2.14. The van der Waals surface area contributed by atoms with E-state index in [1.165, 1.54) is 4.68 Å². The van der Waals surface area contributed by atoms with Gasteiger partial charge in [0.05, 0.1) is 12.2 Å². The van der Waals surface area contributed by atoms with Gasteiger partial charge in [-0.3, -0.25) is 0 Å². The number of rotatable bonds is 3. The predicted octanol–water partition coefficient (Wildman–Crippen LogP) is 3.04. The Hall–Kier alpha value is -2.33. The van der Waals surface area contributed by atoms with Gasteiger partial charge in [-0.1, -0.05) is 48.0 Å². The van der Waals surface area contributed by atoms with Crippen LogP contribution in [0.1, 0.15) is 11.4 Å². The Morgan fingerprint density at radius 2 is 1.86 bits per heavy atom. The predicted molar refractivity (Wildman–Crippen MR) is 83.1 cm³/mol. The lowest BCUT2D eigenvalue weighted by atomic mass is 10.2. The van der Waals surface area contributed by atoms with Crippen LogP contribution >= 0.6 is 11.6 Å². The average molecular weight is 300 g/mol. The van der Waals surface area contributed by atoms with Gasteiger partial charge in [-0.2, -0.15) is 5.10 Å². The Labute approximate surface area is 127 Å². The zero-order valence-corrected chi connectivity index (χ0v) is 12.3. The highest BCUT2D eigenvalue weighted by molar-refractivity contribution is 6.30. The summed E-state index contributed by atoms with van der Waals surface area (Å²) in [6.45, 7) is 2.26. The first-order valence-electron chi connectivity index (χ1n) is 6.61. The molecule has 0 amide bonds. The van der Waals surface area contributed by atoms with E-state index >= 15 is 0 Å². The van der Waals surface area contributed by atoms with Crippen LogP contribution in [0, 0.1) is 6.92 Å².